The van der Waals surface area contributed by atoms with Crippen molar-refractivity contribution in [3.8, 4) is 0 Å². The quantitative estimate of drug-likeness (QED) is 0.637. The summed E-state index contributed by atoms with van der Waals surface area (Å²) in [7, 11) is 0. The summed E-state index contributed by atoms with van der Waals surface area (Å²) in [4.78, 5) is 1.21. The number of nitrogens with one attached hydrogen (secondary N) is 1. The van der Waals surface area contributed by atoms with Crippen LogP contribution in [0.3, 0.4) is 0 Å². The molecule has 0 amide bonds. The second kappa shape index (κ2) is 6.52. The van der Waals surface area contributed by atoms with Crippen LogP contribution in [0, 0.1) is 0 Å². The van der Waals surface area contributed by atoms with E-state index in [-0.39, 0.29) is 6.04 Å². The number of thiophene rings is 1. The fourth-order valence-electron chi connectivity index (χ4n) is 2.14. The average Bonchev–Trinajstić information content (AvgIpc) is 3.04. The van der Waals surface area contributed by atoms with Gasteiger partial charge in [0.1, 0.15) is 0 Å². The molecule has 0 saturated heterocycles. The first-order chi connectivity index (χ1) is 9.21. The zero-order chi connectivity index (χ0) is 13.8. The standard InChI is InChI=1S/C13H19ClN4S/c1-3-9-13(14)11(18(4-2)17-9)8-10(16-15)12-6-5-7-19-12/h5-7,10,16H,3-4,8,15H2,1-2H3. The van der Waals surface area contributed by atoms with E-state index in [2.05, 4.69) is 35.8 Å². The highest BCUT2D eigenvalue weighted by Crippen LogP contribution is 2.28. The molecule has 0 aliphatic rings. The first-order valence-corrected chi connectivity index (χ1v) is 7.70. The highest BCUT2D eigenvalue weighted by atomic mass is 35.5. The predicted octanol–water partition coefficient (Wildman–Crippen LogP) is 2.93. The molecule has 0 fully saturated rings. The van der Waals surface area contributed by atoms with Gasteiger partial charge < -0.3 is 0 Å². The molecule has 0 aromatic carbocycles. The second-order valence-corrected chi connectivity index (χ2v) is 5.67. The van der Waals surface area contributed by atoms with E-state index in [4.69, 9.17) is 17.4 Å². The number of halogens is 1. The predicted molar refractivity (Wildman–Crippen MR) is 80.4 cm³/mol. The average molecular weight is 299 g/mol. The smallest absolute Gasteiger partial charge is 0.0850 e. The Bertz CT molecular complexity index is 521. The lowest BCUT2D eigenvalue weighted by Gasteiger charge is -2.15. The van der Waals surface area contributed by atoms with Gasteiger partial charge in [-0.3, -0.25) is 16.0 Å². The fourth-order valence-corrected chi connectivity index (χ4v) is 3.27. The summed E-state index contributed by atoms with van der Waals surface area (Å²) < 4.78 is 1.97. The Balaban J connectivity index is 2.29. The van der Waals surface area contributed by atoms with E-state index < -0.39 is 0 Å². The molecule has 104 valence electrons. The van der Waals surface area contributed by atoms with E-state index in [1.807, 2.05) is 10.7 Å². The van der Waals surface area contributed by atoms with Gasteiger partial charge in [0.2, 0.25) is 0 Å². The molecular weight excluding hydrogens is 280 g/mol. The van der Waals surface area contributed by atoms with Crippen molar-refractivity contribution in [3.05, 3.63) is 38.8 Å². The van der Waals surface area contributed by atoms with Crippen molar-refractivity contribution in [2.45, 2.75) is 39.3 Å². The minimum atomic E-state index is 0.0733. The molecule has 0 bridgehead atoms. The molecule has 0 spiro atoms. The summed E-state index contributed by atoms with van der Waals surface area (Å²) in [6, 6.07) is 4.18. The molecule has 1 unspecified atom stereocenters. The zero-order valence-electron chi connectivity index (χ0n) is 11.2. The Morgan fingerprint density at radius 3 is 2.84 bits per heavy atom. The molecular formula is C13H19ClN4S. The normalized spacial score (nSPS) is 12.8. The van der Waals surface area contributed by atoms with E-state index in [0.29, 0.717) is 0 Å². The van der Waals surface area contributed by atoms with Crippen molar-refractivity contribution in [2.24, 2.45) is 5.84 Å². The fraction of sp³-hybridized carbons (Fsp3) is 0.462. The Hall–Kier alpha value is -0.880. The topological polar surface area (TPSA) is 55.9 Å². The Kier molecular flexibility index (Phi) is 4.99. The van der Waals surface area contributed by atoms with Gasteiger partial charge in [-0.1, -0.05) is 24.6 Å². The molecule has 1 atom stereocenters. The number of hydrogen-bond donors (Lipinski definition) is 2. The number of rotatable bonds is 6. The summed E-state index contributed by atoms with van der Waals surface area (Å²) in [5, 5.41) is 7.37. The third kappa shape index (κ3) is 3.00. The summed E-state index contributed by atoms with van der Waals surface area (Å²) in [6.45, 7) is 4.95. The van der Waals surface area contributed by atoms with E-state index >= 15 is 0 Å². The van der Waals surface area contributed by atoms with Crippen molar-refractivity contribution in [1.29, 1.82) is 0 Å². The van der Waals surface area contributed by atoms with Crippen molar-refractivity contribution >= 4 is 22.9 Å². The molecule has 2 aromatic heterocycles. The highest BCUT2D eigenvalue weighted by molar-refractivity contribution is 7.10. The number of aryl methyl sites for hydroxylation is 2. The molecule has 0 aliphatic heterocycles. The minimum absolute atomic E-state index is 0.0733. The lowest BCUT2D eigenvalue weighted by atomic mass is 10.1. The van der Waals surface area contributed by atoms with Gasteiger partial charge in [0, 0.05) is 17.8 Å². The third-order valence-electron chi connectivity index (χ3n) is 3.18. The number of nitrogens with two attached hydrogens (primary N) is 1. The summed E-state index contributed by atoms with van der Waals surface area (Å²) in [5.41, 5.74) is 4.88. The first kappa shape index (κ1) is 14.5. The van der Waals surface area contributed by atoms with Gasteiger partial charge in [0.25, 0.3) is 0 Å². The molecule has 4 nitrogen and oxygen atoms in total. The first-order valence-electron chi connectivity index (χ1n) is 6.44. The summed E-state index contributed by atoms with van der Waals surface area (Å²) in [5.74, 6) is 5.68. The largest absolute Gasteiger partial charge is 0.271 e. The van der Waals surface area contributed by atoms with Gasteiger partial charge >= 0.3 is 0 Å². The molecule has 3 N–H and O–H groups in total. The zero-order valence-corrected chi connectivity index (χ0v) is 12.8. The van der Waals surface area contributed by atoms with Crippen molar-refractivity contribution in [2.75, 3.05) is 0 Å². The number of hydrogen-bond acceptors (Lipinski definition) is 4. The van der Waals surface area contributed by atoms with Crippen LogP contribution in [0.5, 0.6) is 0 Å². The minimum Gasteiger partial charge on any atom is -0.271 e. The second-order valence-electron chi connectivity index (χ2n) is 4.32. The van der Waals surface area contributed by atoms with Crippen LogP contribution in [-0.4, -0.2) is 9.78 Å². The summed E-state index contributed by atoms with van der Waals surface area (Å²) in [6.07, 6.45) is 1.59. The number of aromatic nitrogens is 2. The molecule has 0 aliphatic carbocycles. The highest BCUT2D eigenvalue weighted by Gasteiger charge is 2.19. The molecule has 19 heavy (non-hydrogen) atoms. The van der Waals surface area contributed by atoms with E-state index in [1.165, 1.54) is 4.88 Å². The van der Waals surface area contributed by atoms with E-state index in [0.717, 1.165) is 35.8 Å². The van der Waals surface area contributed by atoms with Crippen LogP contribution < -0.4 is 11.3 Å². The number of hydrazine groups is 1. The van der Waals surface area contributed by atoms with E-state index in [1.54, 1.807) is 11.3 Å². The van der Waals surface area contributed by atoms with Gasteiger partial charge in [-0.05, 0) is 24.8 Å². The monoisotopic (exact) mass is 298 g/mol. The van der Waals surface area contributed by atoms with Crippen LogP contribution in [0.2, 0.25) is 5.02 Å². The van der Waals surface area contributed by atoms with E-state index in [9.17, 15) is 0 Å². The van der Waals surface area contributed by atoms with Crippen LogP contribution in [0.15, 0.2) is 17.5 Å². The van der Waals surface area contributed by atoms with Crippen molar-refractivity contribution in [3.63, 3.8) is 0 Å². The maximum absolute atomic E-state index is 6.42. The SMILES string of the molecule is CCc1nn(CC)c(CC(NN)c2cccs2)c1Cl. The summed E-state index contributed by atoms with van der Waals surface area (Å²) >= 11 is 8.11. The van der Waals surface area contributed by atoms with Gasteiger partial charge in [-0.25, -0.2) is 0 Å². The van der Waals surface area contributed by atoms with Crippen LogP contribution in [0.25, 0.3) is 0 Å². The molecule has 6 heteroatoms. The molecule has 0 radical (unpaired) electrons. The Labute approximate surface area is 122 Å². The maximum Gasteiger partial charge on any atom is 0.0850 e. The van der Waals surface area contributed by atoms with Crippen LogP contribution in [0.1, 0.15) is 36.2 Å². The Morgan fingerprint density at radius 2 is 2.32 bits per heavy atom. The van der Waals surface area contributed by atoms with Crippen molar-refractivity contribution in [1.82, 2.24) is 15.2 Å². The van der Waals surface area contributed by atoms with Gasteiger partial charge in [0.05, 0.1) is 22.5 Å². The molecule has 2 aromatic rings. The molecule has 2 rings (SSSR count). The molecule has 2 heterocycles. The molecule has 0 saturated carbocycles. The van der Waals surface area contributed by atoms with Crippen LogP contribution in [0.4, 0.5) is 0 Å². The van der Waals surface area contributed by atoms with Gasteiger partial charge in [0.15, 0.2) is 0 Å². The Morgan fingerprint density at radius 1 is 1.53 bits per heavy atom. The maximum atomic E-state index is 6.42. The van der Waals surface area contributed by atoms with Gasteiger partial charge in [-0.2, -0.15) is 5.10 Å². The van der Waals surface area contributed by atoms with Crippen molar-refractivity contribution < 1.29 is 0 Å². The van der Waals surface area contributed by atoms with Crippen LogP contribution >= 0.6 is 22.9 Å². The van der Waals surface area contributed by atoms with Crippen LogP contribution in [-0.2, 0) is 19.4 Å². The van der Waals surface area contributed by atoms with Gasteiger partial charge in [-0.15, -0.1) is 11.3 Å². The third-order valence-corrected chi connectivity index (χ3v) is 4.60. The number of nitrogens with zero attached hydrogens (tertiary/aromatic N) is 2. The lowest BCUT2D eigenvalue weighted by molar-refractivity contribution is 0.522. The lowest BCUT2D eigenvalue weighted by Crippen LogP contribution is -2.29.